The molecule has 6 rings (SSSR count). The number of carbonyl (C=O) groups excluding carboxylic acids is 2. The van der Waals surface area contributed by atoms with Crippen molar-refractivity contribution in [2.75, 3.05) is 31.1 Å². The first kappa shape index (κ1) is 34.4. The zero-order valence-corrected chi connectivity index (χ0v) is 29.6. The van der Waals surface area contributed by atoms with E-state index in [9.17, 15) is 9.59 Å². The minimum atomic E-state index is -0.542. The molecule has 15 heteroatoms. The van der Waals surface area contributed by atoms with Crippen molar-refractivity contribution in [1.82, 2.24) is 50.0 Å². The van der Waals surface area contributed by atoms with E-state index in [1.807, 2.05) is 85.7 Å². The quantitative estimate of drug-likeness (QED) is 0.253. The van der Waals surface area contributed by atoms with Crippen molar-refractivity contribution < 1.29 is 18.7 Å². The van der Waals surface area contributed by atoms with Crippen LogP contribution in [0.25, 0.3) is 28.0 Å². The number of ether oxygens (including phenoxy) is 1. The average molecular weight is 684 g/mol. The lowest BCUT2D eigenvalue weighted by atomic mass is 9.98. The van der Waals surface area contributed by atoms with Gasteiger partial charge in [-0.05, 0) is 89.9 Å². The highest BCUT2D eigenvalue weighted by Gasteiger charge is 2.27. The third-order valence-electron chi connectivity index (χ3n) is 8.32. The minimum Gasteiger partial charge on any atom is -0.444 e. The molecular formula is C35H42FN11O3. The molecule has 1 saturated heterocycles. The molecule has 1 aliphatic heterocycles. The fourth-order valence-corrected chi connectivity index (χ4v) is 5.73. The Morgan fingerprint density at radius 3 is 2.32 bits per heavy atom. The zero-order chi connectivity index (χ0) is 36.0. The Hall–Kier alpha value is -5.47. The van der Waals surface area contributed by atoms with Crippen molar-refractivity contribution in [3.8, 4) is 22.5 Å². The van der Waals surface area contributed by atoms with Gasteiger partial charge >= 0.3 is 6.09 Å². The van der Waals surface area contributed by atoms with Crippen molar-refractivity contribution in [2.24, 2.45) is 0 Å². The Kier molecular flexibility index (Phi) is 9.01. The minimum absolute atomic E-state index is 0.0102. The number of hydrogen-bond donors (Lipinski definition) is 1. The molecule has 0 spiro atoms. The monoisotopic (exact) mass is 683 g/mol. The van der Waals surface area contributed by atoms with Crippen molar-refractivity contribution in [3.05, 3.63) is 71.7 Å². The van der Waals surface area contributed by atoms with Crippen LogP contribution in [0.1, 0.15) is 76.3 Å². The van der Waals surface area contributed by atoms with Gasteiger partial charge in [0.2, 0.25) is 0 Å². The van der Waals surface area contributed by atoms with E-state index in [-0.39, 0.29) is 23.5 Å². The molecule has 262 valence electrons. The first-order valence-electron chi connectivity index (χ1n) is 16.5. The second-order valence-corrected chi connectivity index (χ2v) is 14.5. The summed E-state index contributed by atoms with van der Waals surface area (Å²) in [6.45, 7) is 17.5. The number of aryl methyl sites for hydroxylation is 1. The van der Waals surface area contributed by atoms with Gasteiger partial charge in [-0.2, -0.15) is 9.90 Å². The van der Waals surface area contributed by atoms with Crippen LogP contribution in [0.2, 0.25) is 0 Å². The Morgan fingerprint density at radius 2 is 1.70 bits per heavy atom. The van der Waals surface area contributed by atoms with Crippen molar-refractivity contribution in [2.45, 2.75) is 72.6 Å². The van der Waals surface area contributed by atoms with E-state index in [1.165, 1.54) is 15.5 Å². The fraction of sp³-hybridized carbons (Fsp3) is 0.429. The van der Waals surface area contributed by atoms with E-state index in [2.05, 4.69) is 30.7 Å². The zero-order valence-electron chi connectivity index (χ0n) is 29.6. The first-order valence-corrected chi connectivity index (χ1v) is 16.5. The number of hydrogen-bond acceptors (Lipinski definition) is 10. The summed E-state index contributed by atoms with van der Waals surface area (Å²) in [7, 11) is 0. The molecule has 4 aromatic heterocycles. The Morgan fingerprint density at radius 1 is 0.980 bits per heavy atom. The average Bonchev–Trinajstić information content (AvgIpc) is 3.72. The molecule has 1 aliphatic rings. The highest BCUT2D eigenvalue weighted by molar-refractivity contribution is 5.90. The molecule has 5 heterocycles. The number of nitrogens with zero attached hydrogens (tertiary/aromatic N) is 10. The third-order valence-corrected chi connectivity index (χ3v) is 8.32. The molecule has 1 fully saturated rings. The van der Waals surface area contributed by atoms with Gasteiger partial charge in [0.05, 0.1) is 35.4 Å². The van der Waals surface area contributed by atoms with Crippen LogP contribution in [0.3, 0.4) is 0 Å². The van der Waals surface area contributed by atoms with Crippen molar-refractivity contribution in [1.29, 1.82) is 0 Å². The second-order valence-electron chi connectivity index (χ2n) is 14.5. The topological polar surface area (TPSA) is 149 Å². The van der Waals surface area contributed by atoms with E-state index in [0.29, 0.717) is 43.1 Å². The molecule has 0 bridgehead atoms. The SMILES string of the molecule is Cc1cc(-c2nc(-c3ccc(N4CCN(C(=O)OC(C)(C)C)CC4)nc3)cn3ncc(F)c23)ccc1[C@@H](C)NC(=O)c1nnn(C(C)(C)C)n1. The third kappa shape index (κ3) is 7.26. The number of halogens is 1. The number of pyridine rings is 1. The molecule has 5 aromatic rings. The van der Waals surface area contributed by atoms with Crippen molar-refractivity contribution >= 4 is 23.3 Å². The number of rotatable bonds is 6. The lowest BCUT2D eigenvalue weighted by Gasteiger charge is -2.36. The molecule has 1 N–H and O–H groups in total. The van der Waals surface area contributed by atoms with Gasteiger partial charge in [0.1, 0.15) is 16.9 Å². The molecule has 1 aromatic carbocycles. The standard InChI is InChI=1S/C35H42FN11O3/c1-21-17-23(9-11-25(21)22(2)39-32(48)31-41-43-47(42-31)34(3,4)5)29-30-26(36)19-38-46(30)20-27(40-29)24-10-12-28(37-18-24)44-13-15-45(16-14-44)33(49)50-35(6,7)8/h9-12,17-20,22H,13-16H2,1-8H3,(H,39,48)/t22-/m1/s1. The number of benzene rings is 1. The summed E-state index contributed by atoms with van der Waals surface area (Å²) in [6, 6.07) is 9.15. The molecule has 50 heavy (non-hydrogen) atoms. The van der Waals surface area contributed by atoms with E-state index >= 15 is 4.39 Å². The van der Waals surface area contributed by atoms with Gasteiger partial charge in [-0.3, -0.25) is 4.79 Å². The van der Waals surface area contributed by atoms with Crippen LogP contribution >= 0.6 is 0 Å². The maximum atomic E-state index is 15.1. The molecule has 1 atom stereocenters. The Labute approximate surface area is 289 Å². The molecule has 2 amide bonds. The van der Waals surface area contributed by atoms with E-state index in [0.717, 1.165) is 22.5 Å². The molecule has 0 unspecified atom stereocenters. The van der Waals surface area contributed by atoms with Crippen LogP contribution in [0, 0.1) is 12.7 Å². The van der Waals surface area contributed by atoms with E-state index in [1.54, 1.807) is 17.3 Å². The summed E-state index contributed by atoms with van der Waals surface area (Å²) in [5.41, 5.74) is 3.48. The van der Waals surface area contributed by atoms with Crippen LogP contribution in [0.5, 0.6) is 0 Å². The van der Waals surface area contributed by atoms with E-state index < -0.39 is 22.9 Å². The van der Waals surface area contributed by atoms with Gasteiger partial charge in [-0.15, -0.1) is 10.2 Å². The Balaban J connectivity index is 1.20. The fourth-order valence-electron chi connectivity index (χ4n) is 5.73. The van der Waals surface area contributed by atoms with Gasteiger partial charge in [0.25, 0.3) is 11.7 Å². The van der Waals surface area contributed by atoms with Crippen LogP contribution in [-0.2, 0) is 10.3 Å². The van der Waals surface area contributed by atoms with Crippen LogP contribution in [0.15, 0.2) is 48.9 Å². The lowest BCUT2D eigenvalue weighted by molar-refractivity contribution is 0.0240. The van der Waals surface area contributed by atoms with Gasteiger partial charge in [-0.25, -0.2) is 23.7 Å². The maximum absolute atomic E-state index is 15.1. The predicted octanol–water partition coefficient (Wildman–Crippen LogP) is 5.20. The number of tetrazole rings is 1. The Bertz CT molecular complexity index is 2040. The maximum Gasteiger partial charge on any atom is 0.410 e. The summed E-state index contributed by atoms with van der Waals surface area (Å²) in [6.07, 6.45) is 4.28. The van der Waals surface area contributed by atoms with Crippen LogP contribution in [0.4, 0.5) is 15.0 Å². The summed E-state index contributed by atoms with van der Waals surface area (Å²) in [5, 5.41) is 19.3. The largest absolute Gasteiger partial charge is 0.444 e. The first-order chi connectivity index (χ1) is 23.6. The summed E-state index contributed by atoms with van der Waals surface area (Å²) in [5.74, 6) is -0.150. The molecular weight excluding hydrogens is 641 g/mol. The number of carbonyl (C=O) groups is 2. The van der Waals surface area contributed by atoms with Gasteiger partial charge in [0, 0.05) is 43.5 Å². The normalized spacial score (nSPS) is 14.6. The van der Waals surface area contributed by atoms with Crippen LogP contribution < -0.4 is 10.2 Å². The summed E-state index contributed by atoms with van der Waals surface area (Å²) in [4.78, 5) is 40.2. The number of nitrogens with one attached hydrogen (secondary N) is 1. The smallest absolute Gasteiger partial charge is 0.410 e. The molecule has 0 radical (unpaired) electrons. The summed E-state index contributed by atoms with van der Waals surface area (Å²) >= 11 is 0. The summed E-state index contributed by atoms with van der Waals surface area (Å²) < 4.78 is 22.1. The lowest BCUT2D eigenvalue weighted by Crippen LogP contribution is -2.50. The van der Waals surface area contributed by atoms with Gasteiger partial charge in [0.15, 0.2) is 5.82 Å². The number of fused-ring (bicyclic) bond motifs is 1. The number of piperazine rings is 1. The highest BCUT2D eigenvalue weighted by atomic mass is 19.1. The van der Waals surface area contributed by atoms with Crippen LogP contribution in [-0.4, -0.2) is 88.5 Å². The number of amides is 2. The number of anilines is 1. The molecule has 0 aliphatic carbocycles. The highest BCUT2D eigenvalue weighted by Crippen LogP contribution is 2.31. The van der Waals surface area contributed by atoms with Crippen molar-refractivity contribution in [3.63, 3.8) is 0 Å². The van der Waals surface area contributed by atoms with Gasteiger partial charge < -0.3 is 19.9 Å². The molecule has 14 nitrogen and oxygen atoms in total. The number of aromatic nitrogens is 8. The van der Waals surface area contributed by atoms with E-state index in [4.69, 9.17) is 14.7 Å². The predicted molar refractivity (Wildman–Crippen MR) is 185 cm³/mol. The second kappa shape index (κ2) is 13.1. The molecule has 0 saturated carbocycles. The van der Waals surface area contributed by atoms with Gasteiger partial charge in [-0.1, -0.05) is 12.1 Å².